The van der Waals surface area contributed by atoms with Crippen LogP contribution < -0.4 is 4.90 Å². The summed E-state index contributed by atoms with van der Waals surface area (Å²) in [6.07, 6.45) is 4.66. The van der Waals surface area contributed by atoms with Gasteiger partial charge in [0.1, 0.15) is 0 Å². The summed E-state index contributed by atoms with van der Waals surface area (Å²) in [5.74, 6) is 0. The SMILES string of the molecule is CC1(C)CCC(C)(C)c2c(-c3cc4c(cc3N(c3ccc(-c5ccc(-c6ccccc6)cc5)cc3)c3cccc5c3C(C)(C)CCC5(C)C)C(C)(C)c3ccccc3-4)cccc21. The van der Waals surface area contributed by atoms with Gasteiger partial charge in [0, 0.05) is 16.7 Å². The van der Waals surface area contributed by atoms with Gasteiger partial charge < -0.3 is 4.90 Å². The molecule has 0 unspecified atom stereocenters. The molecule has 0 N–H and O–H groups in total. The van der Waals surface area contributed by atoms with Crippen LogP contribution in [0.15, 0.2) is 152 Å². The van der Waals surface area contributed by atoms with Crippen molar-refractivity contribution in [3.8, 4) is 44.5 Å². The zero-order valence-corrected chi connectivity index (χ0v) is 38.7. The zero-order valence-electron chi connectivity index (χ0n) is 38.7. The van der Waals surface area contributed by atoms with Crippen LogP contribution in [0.2, 0.25) is 0 Å². The van der Waals surface area contributed by atoms with E-state index in [0.717, 1.165) is 12.8 Å². The van der Waals surface area contributed by atoms with Crippen LogP contribution in [0.3, 0.4) is 0 Å². The molecule has 0 spiro atoms. The van der Waals surface area contributed by atoms with Crippen molar-refractivity contribution in [2.45, 2.75) is 122 Å². The highest BCUT2D eigenvalue weighted by Crippen LogP contribution is 2.58. The lowest BCUT2D eigenvalue weighted by Crippen LogP contribution is -2.35. The van der Waals surface area contributed by atoms with E-state index in [2.05, 4.69) is 226 Å². The molecule has 3 aliphatic rings. The van der Waals surface area contributed by atoms with Gasteiger partial charge in [0.15, 0.2) is 0 Å². The second kappa shape index (κ2) is 14.2. The van der Waals surface area contributed by atoms with Gasteiger partial charge in [-0.05, 0) is 150 Å². The van der Waals surface area contributed by atoms with E-state index >= 15 is 0 Å². The molecule has 7 aromatic rings. The Kier molecular flexibility index (Phi) is 9.24. The van der Waals surface area contributed by atoms with Crippen molar-refractivity contribution in [2.24, 2.45) is 0 Å². The first kappa shape index (κ1) is 40.4. The van der Waals surface area contributed by atoms with Gasteiger partial charge in [0.25, 0.3) is 0 Å². The fraction of sp³-hybridized carbons (Fsp3) is 0.311. The van der Waals surface area contributed by atoms with Crippen molar-refractivity contribution >= 4 is 17.1 Å². The molecule has 0 saturated heterocycles. The third kappa shape index (κ3) is 6.41. The molecule has 0 bridgehead atoms. The molecule has 0 saturated carbocycles. The summed E-state index contributed by atoms with van der Waals surface area (Å²) in [4.78, 5) is 2.67. The average Bonchev–Trinajstić information content (AvgIpc) is 3.49. The third-order valence-electron chi connectivity index (χ3n) is 15.6. The lowest BCUT2D eigenvalue weighted by Gasteiger charge is -2.45. The van der Waals surface area contributed by atoms with E-state index in [1.807, 2.05) is 0 Å². The molecule has 1 nitrogen and oxygen atoms in total. The number of fused-ring (bicyclic) bond motifs is 5. The molecule has 0 atom stereocenters. The van der Waals surface area contributed by atoms with E-state index in [9.17, 15) is 0 Å². The van der Waals surface area contributed by atoms with Gasteiger partial charge in [0.05, 0.1) is 11.4 Å². The molecule has 0 radical (unpaired) electrons. The summed E-state index contributed by atoms with van der Waals surface area (Å²) >= 11 is 0. The van der Waals surface area contributed by atoms with Crippen molar-refractivity contribution in [2.75, 3.05) is 4.90 Å². The Bertz CT molecular complexity index is 2850. The molecule has 10 rings (SSSR count). The van der Waals surface area contributed by atoms with Crippen LogP contribution in [0.1, 0.15) is 128 Å². The maximum Gasteiger partial charge on any atom is 0.0543 e. The topological polar surface area (TPSA) is 3.24 Å². The Morgan fingerprint density at radius 3 is 1.42 bits per heavy atom. The van der Waals surface area contributed by atoms with Crippen molar-refractivity contribution < 1.29 is 0 Å². The number of hydrogen-bond acceptors (Lipinski definition) is 1. The van der Waals surface area contributed by atoms with Gasteiger partial charge in [-0.25, -0.2) is 0 Å². The van der Waals surface area contributed by atoms with Crippen molar-refractivity contribution in [3.63, 3.8) is 0 Å². The van der Waals surface area contributed by atoms with Crippen LogP contribution in [0.4, 0.5) is 17.1 Å². The predicted molar refractivity (Wildman–Crippen MR) is 266 cm³/mol. The van der Waals surface area contributed by atoms with Gasteiger partial charge >= 0.3 is 0 Å². The van der Waals surface area contributed by atoms with Crippen LogP contribution in [0.25, 0.3) is 44.5 Å². The van der Waals surface area contributed by atoms with Gasteiger partial charge in [0.2, 0.25) is 0 Å². The van der Waals surface area contributed by atoms with Gasteiger partial charge in [-0.3, -0.25) is 0 Å². The van der Waals surface area contributed by atoms with Gasteiger partial charge in [-0.2, -0.15) is 0 Å². The molecular weight excluding hydrogens is 747 g/mol. The highest BCUT2D eigenvalue weighted by molar-refractivity contribution is 5.97. The molecular formula is C61H63N. The van der Waals surface area contributed by atoms with E-state index in [-0.39, 0.29) is 27.1 Å². The van der Waals surface area contributed by atoms with Gasteiger partial charge in [-0.1, -0.05) is 191 Å². The van der Waals surface area contributed by atoms with E-state index in [0.29, 0.717) is 0 Å². The summed E-state index contributed by atoms with van der Waals surface area (Å²) in [6, 6.07) is 57.9. The molecule has 0 amide bonds. The van der Waals surface area contributed by atoms with Crippen LogP contribution in [0.5, 0.6) is 0 Å². The highest BCUT2D eigenvalue weighted by Gasteiger charge is 2.43. The first-order valence-electron chi connectivity index (χ1n) is 23.1. The molecule has 0 aliphatic heterocycles. The quantitative estimate of drug-likeness (QED) is 0.162. The Morgan fingerprint density at radius 2 is 0.790 bits per heavy atom. The predicted octanol–water partition coefficient (Wildman–Crippen LogP) is 17.2. The first-order valence-corrected chi connectivity index (χ1v) is 23.1. The summed E-state index contributed by atoms with van der Waals surface area (Å²) < 4.78 is 0. The lowest BCUT2D eigenvalue weighted by atomic mass is 9.61. The van der Waals surface area contributed by atoms with E-state index in [4.69, 9.17) is 0 Å². The van der Waals surface area contributed by atoms with Crippen LogP contribution in [-0.2, 0) is 27.1 Å². The molecule has 0 fully saturated rings. The average molecular weight is 810 g/mol. The standard InChI is InChI=1S/C61H63N/c1-57(2)34-36-59(5,6)55-46(21-16-23-50(55)57)48-38-47-45-20-14-15-22-49(45)61(9,10)52(47)39-54(48)62(53-25-17-24-51-56(53)60(7,8)37-35-58(51,3)4)44-32-30-43(31-33-44)42-28-26-41(27-29-42)40-18-12-11-13-19-40/h11-33,38-39H,34-37H2,1-10H3. The number of nitrogens with zero attached hydrogens (tertiary/aromatic N) is 1. The summed E-state index contributed by atoms with van der Waals surface area (Å²) in [5, 5.41) is 0. The minimum absolute atomic E-state index is 0.00946. The minimum atomic E-state index is -0.157. The fourth-order valence-electron chi connectivity index (χ4n) is 11.7. The summed E-state index contributed by atoms with van der Waals surface area (Å²) in [6.45, 7) is 24.6. The number of benzene rings is 7. The largest absolute Gasteiger partial charge is 0.310 e. The monoisotopic (exact) mass is 809 g/mol. The Balaban J connectivity index is 1.25. The third-order valence-corrected chi connectivity index (χ3v) is 15.6. The molecule has 312 valence electrons. The highest BCUT2D eigenvalue weighted by atomic mass is 15.1. The maximum absolute atomic E-state index is 2.67. The molecule has 7 aromatic carbocycles. The molecule has 1 heteroatoms. The Hall–Kier alpha value is -5.66. The number of anilines is 3. The molecule has 62 heavy (non-hydrogen) atoms. The van der Waals surface area contributed by atoms with Crippen LogP contribution >= 0.6 is 0 Å². The van der Waals surface area contributed by atoms with Crippen molar-refractivity contribution in [3.05, 3.63) is 185 Å². The second-order valence-corrected chi connectivity index (χ2v) is 21.9. The first-order chi connectivity index (χ1) is 29.5. The molecule has 0 aromatic heterocycles. The summed E-state index contributed by atoms with van der Waals surface area (Å²) in [7, 11) is 0. The lowest BCUT2D eigenvalue weighted by molar-refractivity contribution is 0.332. The second-order valence-electron chi connectivity index (χ2n) is 21.9. The smallest absolute Gasteiger partial charge is 0.0543 e. The van der Waals surface area contributed by atoms with Crippen LogP contribution in [-0.4, -0.2) is 0 Å². The Morgan fingerprint density at radius 1 is 0.323 bits per heavy atom. The zero-order chi connectivity index (χ0) is 43.4. The van der Waals surface area contributed by atoms with Crippen molar-refractivity contribution in [1.82, 2.24) is 0 Å². The van der Waals surface area contributed by atoms with Crippen LogP contribution in [0, 0.1) is 0 Å². The van der Waals surface area contributed by atoms with E-state index in [1.165, 1.54) is 108 Å². The Labute approximate surface area is 371 Å². The number of hydrogen-bond donors (Lipinski definition) is 0. The summed E-state index contributed by atoms with van der Waals surface area (Å²) in [5.41, 5.74) is 22.8. The van der Waals surface area contributed by atoms with E-state index in [1.54, 1.807) is 0 Å². The normalized spacial score (nSPS) is 18.2. The van der Waals surface area contributed by atoms with Crippen molar-refractivity contribution in [1.29, 1.82) is 0 Å². The fourth-order valence-corrected chi connectivity index (χ4v) is 11.7. The molecule has 3 aliphatic carbocycles. The minimum Gasteiger partial charge on any atom is -0.310 e. The maximum atomic E-state index is 2.67. The molecule has 0 heterocycles. The number of rotatable bonds is 6. The van der Waals surface area contributed by atoms with E-state index < -0.39 is 0 Å². The van der Waals surface area contributed by atoms with Gasteiger partial charge in [-0.15, -0.1) is 0 Å².